The van der Waals surface area contributed by atoms with Crippen LogP contribution < -0.4 is 4.90 Å². The van der Waals surface area contributed by atoms with Crippen LogP contribution in [0.15, 0.2) is 64.9 Å². The van der Waals surface area contributed by atoms with E-state index in [0.717, 1.165) is 5.69 Å². The van der Waals surface area contributed by atoms with Crippen LogP contribution in [0.4, 0.5) is 10.8 Å². The zero-order chi connectivity index (χ0) is 21.1. The highest BCUT2D eigenvalue weighted by molar-refractivity contribution is 7.89. The molecule has 30 heavy (non-hydrogen) atoms. The molecule has 7 nitrogen and oxygen atoms in total. The van der Waals surface area contributed by atoms with Gasteiger partial charge < -0.3 is 4.74 Å². The van der Waals surface area contributed by atoms with Gasteiger partial charge in [-0.25, -0.2) is 13.4 Å². The van der Waals surface area contributed by atoms with Crippen LogP contribution in [0.2, 0.25) is 0 Å². The summed E-state index contributed by atoms with van der Waals surface area (Å²) in [4.78, 5) is 19.5. The van der Waals surface area contributed by atoms with E-state index in [4.69, 9.17) is 4.74 Å². The molecule has 2 heterocycles. The molecule has 1 aliphatic rings. The van der Waals surface area contributed by atoms with Gasteiger partial charge in [-0.15, -0.1) is 11.3 Å². The van der Waals surface area contributed by atoms with Gasteiger partial charge >= 0.3 is 0 Å². The number of anilines is 2. The van der Waals surface area contributed by atoms with Gasteiger partial charge in [0.15, 0.2) is 5.13 Å². The second kappa shape index (κ2) is 8.65. The molecule has 0 radical (unpaired) electrons. The molecule has 0 saturated carbocycles. The fraction of sp³-hybridized carbons (Fsp3) is 0.238. The van der Waals surface area contributed by atoms with Crippen molar-refractivity contribution in [2.45, 2.75) is 11.8 Å². The summed E-state index contributed by atoms with van der Waals surface area (Å²) in [6, 6.07) is 15.4. The van der Waals surface area contributed by atoms with Crippen molar-refractivity contribution in [3.8, 4) is 0 Å². The molecule has 2 aromatic carbocycles. The Labute approximate surface area is 179 Å². The molecule has 3 aromatic rings. The van der Waals surface area contributed by atoms with Gasteiger partial charge in [0.05, 0.1) is 29.5 Å². The first kappa shape index (κ1) is 20.7. The molecule has 0 bridgehead atoms. The summed E-state index contributed by atoms with van der Waals surface area (Å²) in [5.74, 6) is -0.338. The van der Waals surface area contributed by atoms with Gasteiger partial charge in [0.25, 0.3) is 5.91 Å². The average molecular weight is 444 g/mol. The number of thiazole rings is 1. The van der Waals surface area contributed by atoms with Crippen molar-refractivity contribution in [3.05, 3.63) is 71.2 Å². The minimum absolute atomic E-state index is 0.0959. The number of rotatable bonds is 5. The predicted octanol–water partition coefficient (Wildman–Crippen LogP) is 3.45. The summed E-state index contributed by atoms with van der Waals surface area (Å²) in [5.41, 5.74) is 1.76. The van der Waals surface area contributed by atoms with Crippen molar-refractivity contribution in [1.29, 1.82) is 0 Å². The third kappa shape index (κ3) is 4.15. The van der Waals surface area contributed by atoms with E-state index in [-0.39, 0.29) is 16.4 Å². The summed E-state index contributed by atoms with van der Waals surface area (Å²) in [6.07, 6.45) is 0. The number of ether oxygens (including phenoxy) is 1. The number of carbonyl (C=O) groups is 1. The van der Waals surface area contributed by atoms with Gasteiger partial charge in [0.2, 0.25) is 10.0 Å². The first-order chi connectivity index (χ1) is 14.5. The smallest absolute Gasteiger partial charge is 0.264 e. The van der Waals surface area contributed by atoms with Gasteiger partial charge in [0, 0.05) is 24.0 Å². The van der Waals surface area contributed by atoms with Crippen LogP contribution in [-0.4, -0.2) is 49.9 Å². The average Bonchev–Trinajstić information content (AvgIpc) is 3.21. The molecule has 0 N–H and O–H groups in total. The Kier molecular flexibility index (Phi) is 5.96. The Morgan fingerprint density at radius 3 is 2.50 bits per heavy atom. The summed E-state index contributed by atoms with van der Waals surface area (Å²) < 4.78 is 32.7. The van der Waals surface area contributed by atoms with Crippen LogP contribution in [0.1, 0.15) is 16.1 Å². The van der Waals surface area contributed by atoms with Gasteiger partial charge in [-0.3, -0.25) is 9.69 Å². The van der Waals surface area contributed by atoms with Crippen molar-refractivity contribution >= 4 is 38.1 Å². The minimum Gasteiger partial charge on any atom is -0.379 e. The third-order valence-corrected chi connectivity index (χ3v) is 7.54. The van der Waals surface area contributed by atoms with E-state index in [0.29, 0.717) is 37.1 Å². The van der Waals surface area contributed by atoms with E-state index in [9.17, 15) is 13.2 Å². The molecule has 0 aliphatic carbocycles. The number of amides is 1. The molecular formula is C21H21N3O4S2. The summed E-state index contributed by atoms with van der Waals surface area (Å²) >= 11 is 1.36. The number of carbonyl (C=O) groups excluding carboxylic acids is 1. The molecular weight excluding hydrogens is 422 g/mol. The lowest BCUT2D eigenvalue weighted by atomic mass is 10.2. The van der Waals surface area contributed by atoms with Crippen molar-refractivity contribution < 1.29 is 17.9 Å². The van der Waals surface area contributed by atoms with Crippen LogP contribution in [0.5, 0.6) is 0 Å². The Balaban J connectivity index is 1.72. The molecule has 1 amide bonds. The summed E-state index contributed by atoms with van der Waals surface area (Å²) in [5, 5.41) is 2.41. The molecule has 0 spiro atoms. The van der Waals surface area contributed by atoms with E-state index in [1.54, 1.807) is 12.1 Å². The Hall–Kier alpha value is -2.59. The molecule has 0 atom stereocenters. The monoisotopic (exact) mass is 443 g/mol. The molecule has 1 aliphatic heterocycles. The van der Waals surface area contributed by atoms with Crippen LogP contribution in [0.25, 0.3) is 0 Å². The number of nitrogens with zero attached hydrogens (tertiary/aromatic N) is 3. The predicted molar refractivity (Wildman–Crippen MR) is 116 cm³/mol. The number of benzene rings is 2. The second-order valence-electron chi connectivity index (χ2n) is 6.79. The number of para-hydroxylation sites is 1. The molecule has 1 fully saturated rings. The summed E-state index contributed by atoms with van der Waals surface area (Å²) in [6.45, 7) is 3.19. The number of sulfonamides is 1. The van der Waals surface area contributed by atoms with Crippen molar-refractivity contribution in [1.82, 2.24) is 9.29 Å². The number of aromatic nitrogens is 1. The van der Waals surface area contributed by atoms with E-state index in [2.05, 4.69) is 4.98 Å². The number of aryl methyl sites for hydroxylation is 1. The fourth-order valence-electron chi connectivity index (χ4n) is 3.19. The SMILES string of the molecule is Cc1csc(N(C(=O)c2cccc(S(=O)(=O)N3CCOCC3)c2)c2ccccc2)n1. The minimum atomic E-state index is -3.70. The van der Waals surface area contributed by atoms with E-state index >= 15 is 0 Å². The summed E-state index contributed by atoms with van der Waals surface area (Å²) in [7, 11) is -3.70. The highest BCUT2D eigenvalue weighted by Crippen LogP contribution is 2.31. The van der Waals surface area contributed by atoms with Crippen molar-refractivity contribution in [3.63, 3.8) is 0 Å². The maximum atomic E-state index is 13.5. The van der Waals surface area contributed by atoms with Crippen LogP contribution in [0.3, 0.4) is 0 Å². The van der Waals surface area contributed by atoms with Gasteiger partial charge in [-0.05, 0) is 37.3 Å². The molecule has 156 valence electrons. The quantitative estimate of drug-likeness (QED) is 0.603. The first-order valence-corrected chi connectivity index (χ1v) is 11.8. The number of morpholine rings is 1. The van der Waals surface area contributed by atoms with E-state index < -0.39 is 10.0 Å². The number of hydrogen-bond acceptors (Lipinski definition) is 6. The second-order valence-corrected chi connectivity index (χ2v) is 9.57. The lowest BCUT2D eigenvalue weighted by Crippen LogP contribution is -2.40. The Morgan fingerprint density at radius 1 is 1.10 bits per heavy atom. The lowest BCUT2D eigenvalue weighted by Gasteiger charge is -2.26. The Morgan fingerprint density at radius 2 is 1.83 bits per heavy atom. The molecule has 0 unspecified atom stereocenters. The largest absolute Gasteiger partial charge is 0.379 e. The van der Waals surface area contributed by atoms with Crippen LogP contribution in [-0.2, 0) is 14.8 Å². The standard InChI is InChI=1S/C21H21N3O4S2/c1-16-15-29-21(22-16)24(18-7-3-2-4-8-18)20(25)17-6-5-9-19(14-17)30(26,27)23-10-12-28-13-11-23/h2-9,14-15H,10-13H2,1H3. The Bertz CT molecular complexity index is 1140. The zero-order valence-corrected chi connectivity index (χ0v) is 18.0. The van der Waals surface area contributed by atoms with Gasteiger partial charge in [0.1, 0.15) is 0 Å². The fourth-order valence-corrected chi connectivity index (χ4v) is 5.46. The highest BCUT2D eigenvalue weighted by atomic mass is 32.2. The van der Waals surface area contributed by atoms with Crippen molar-refractivity contribution in [2.75, 3.05) is 31.2 Å². The molecule has 1 saturated heterocycles. The molecule has 4 rings (SSSR count). The van der Waals surface area contributed by atoms with Crippen molar-refractivity contribution in [2.24, 2.45) is 0 Å². The van der Waals surface area contributed by atoms with Crippen LogP contribution >= 0.6 is 11.3 Å². The maximum absolute atomic E-state index is 13.5. The lowest BCUT2D eigenvalue weighted by molar-refractivity contribution is 0.0730. The molecule has 1 aromatic heterocycles. The highest BCUT2D eigenvalue weighted by Gasteiger charge is 2.28. The topological polar surface area (TPSA) is 79.8 Å². The van der Waals surface area contributed by atoms with Gasteiger partial charge in [-0.2, -0.15) is 4.31 Å². The van der Waals surface area contributed by atoms with E-state index in [1.165, 1.54) is 32.7 Å². The third-order valence-electron chi connectivity index (χ3n) is 4.70. The zero-order valence-electron chi connectivity index (χ0n) is 16.4. The molecule has 9 heteroatoms. The van der Waals surface area contributed by atoms with E-state index in [1.807, 2.05) is 42.6 Å². The number of hydrogen-bond donors (Lipinski definition) is 0. The normalized spacial score (nSPS) is 15.1. The van der Waals surface area contributed by atoms with Gasteiger partial charge in [-0.1, -0.05) is 24.3 Å². The first-order valence-electron chi connectivity index (χ1n) is 9.46. The maximum Gasteiger partial charge on any atom is 0.264 e. The van der Waals surface area contributed by atoms with Crippen LogP contribution in [0, 0.1) is 6.92 Å².